The Morgan fingerprint density at radius 2 is 1.83 bits per heavy atom. The van der Waals surface area contributed by atoms with Gasteiger partial charge in [0.15, 0.2) is 5.82 Å². The summed E-state index contributed by atoms with van der Waals surface area (Å²) in [4.78, 5) is 48.7. The molecule has 13 heteroatoms. The number of benzene rings is 3. The van der Waals surface area contributed by atoms with Gasteiger partial charge in [0.1, 0.15) is 5.82 Å². The number of rotatable bonds is 11. The summed E-state index contributed by atoms with van der Waals surface area (Å²) in [7, 11) is 1.59. The van der Waals surface area contributed by atoms with Crippen LogP contribution >= 0.6 is 0 Å². The molecule has 4 N–H and O–H groups in total. The van der Waals surface area contributed by atoms with E-state index in [0.29, 0.717) is 40.2 Å². The van der Waals surface area contributed by atoms with Gasteiger partial charge in [-0.3, -0.25) is 19.3 Å². The molecule has 4 aromatic rings. The summed E-state index contributed by atoms with van der Waals surface area (Å²) in [5.74, 6) is -1.24. The van der Waals surface area contributed by atoms with E-state index >= 15 is 0 Å². The Labute approximate surface area is 313 Å². The summed E-state index contributed by atoms with van der Waals surface area (Å²) in [6.07, 6.45) is 6.86. The lowest BCUT2D eigenvalue weighted by molar-refractivity contribution is -0.111. The van der Waals surface area contributed by atoms with Crippen molar-refractivity contribution in [2.24, 2.45) is 7.05 Å². The summed E-state index contributed by atoms with van der Waals surface area (Å²) in [6.45, 7) is 9.48. The molecule has 3 aromatic carbocycles. The third kappa shape index (κ3) is 7.93. The van der Waals surface area contributed by atoms with E-state index in [9.17, 15) is 23.9 Å². The zero-order valence-electron chi connectivity index (χ0n) is 30.6. The number of hydrogen-bond donors (Lipinski definition) is 4. The molecule has 12 nitrogen and oxygen atoms in total. The Hall–Kier alpha value is -5.37. The highest BCUT2D eigenvalue weighted by Crippen LogP contribution is 2.40. The number of anilines is 5. The van der Waals surface area contributed by atoms with Gasteiger partial charge in [-0.2, -0.15) is 0 Å². The maximum atomic E-state index is 14.9. The molecule has 282 valence electrons. The van der Waals surface area contributed by atoms with Crippen molar-refractivity contribution in [3.8, 4) is 11.3 Å². The van der Waals surface area contributed by atoms with E-state index in [1.54, 1.807) is 43.6 Å². The van der Waals surface area contributed by atoms with Crippen LogP contribution in [0.3, 0.4) is 0 Å². The highest BCUT2D eigenvalue weighted by Gasteiger charge is 2.31. The zero-order valence-corrected chi connectivity index (χ0v) is 30.6. The van der Waals surface area contributed by atoms with Gasteiger partial charge >= 0.3 is 0 Å². The van der Waals surface area contributed by atoms with Gasteiger partial charge in [-0.1, -0.05) is 24.8 Å². The lowest BCUT2D eigenvalue weighted by Crippen LogP contribution is -2.56. The Kier molecular flexibility index (Phi) is 10.9. The quantitative estimate of drug-likeness (QED) is 0.142. The van der Waals surface area contributed by atoms with Crippen molar-refractivity contribution in [3.05, 3.63) is 106 Å². The van der Waals surface area contributed by atoms with Crippen LogP contribution in [0.2, 0.25) is 0 Å². The minimum atomic E-state index is -0.643. The van der Waals surface area contributed by atoms with Gasteiger partial charge in [-0.25, -0.2) is 9.37 Å². The number of nitrogens with one attached hydrogen (secondary N) is 3. The van der Waals surface area contributed by atoms with Crippen molar-refractivity contribution in [3.63, 3.8) is 0 Å². The number of aromatic nitrogens is 2. The third-order valence-electron chi connectivity index (χ3n) is 10.6. The number of halogens is 1. The largest absolute Gasteiger partial charge is 0.392 e. The monoisotopic (exact) mass is 735 g/mol. The fourth-order valence-electron chi connectivity index (χ4n) is 7.52. The van der Waals surface area contributed by atoms with Crippen LogP contribution < -0.4 is 26.4 Å². The van der Waals surface area contributed by atoms with E-state index in [4.69, 9.17) is 4.74 Å². The normalized spacial score (nSPS) is 17.9. The molecule has 0 spiro atoms. The van der Waals surface area contributed by atoms with Crippen molar-refractivity contribution in [2.75, 3.05) is 53.7 Å². The second-order valence-corrected chi connectivity index (χ2v) is 14.3. The van der Waals surface area contributed by atoms with E-state index in [-0.39, 0.29) is 29.0 Å². The van der Waals surface area contributed by atoms with E-state index in [0.717, 1.165) is 69.8 Å². The van der Waals surface area contributed by atoms with Crippen molar-refractivity contribution < 1.29 is 23.8 Å². The summed E-state index contributed by atoms with van der Waals surface area (Å²) >= 11 is 0. The van der Waals surface area contributed by atoms with Crippen molar-refractivity contribution >= 4 is 40.4 Å². The van der Waals surface area contributed by atoms with E-state index in [1.807, 2.05) is 12.1 Å². The predicted molar refractivity (Wildman–Crippen MR) is 208 cm³/mol. The molecule has 2 aliphatic heterocycles. The first-order valence-corrected chi connectivity index (χ1v) is 18.5. The van der Waals surface area contributed by atoms with Crippen LogP contribution in [-0.2, 0) is 23.2 Å². The third-order valence-corrected chi connectivity index (χ3v) is 10.6. The zero-order chi connectivity index (χ0) is 37.9. The molecule has 0 unspecified atom stereocenters. The summed E-state index contributed by atoms with van der Waals surface area (Å²) in [5.41, 5.74) is 3.79. The summed E-state index contributed by atoms with van der Waals surface area (Å²) in [5, 5.41) is 19.3. The smallest absolute Gasteiger partial charge is 0.293 e. The number of ether oxygens (including phenoxy) is 1. The molecule has 3 heterocycles. The molecule has 7 rings (SSSR count). The lowest BCUT2D eigenvalue weighted by atomic mass is 10.0. The van der Waals surface area contributed by atoms with Gasteiger partial charge in [0.2, 0.25) is 5.91 Å². The summed E-state index contributed by atoms with van der Waals surface area (Å²) < 4.78 is 21.9. The highest BCUT2D eigenvalue weighted by molar-refractivity contribution is 6.05. The number of aliphatic hydroxyl groups excluding tert-OH is 1. The number of carbonyl (C=O) groups is 2. The van der Waals surface area contributed by atoms with Gasteiger partial charge in [-0.15, -0.1) is 0 Å². The standard InChI is InChI=1S/C41H46FN7O5/c1-4-38(51)44-35-21-28(11-13-37(35)49-17-16-48(22-25(49)2)29-14-18-54-19-15-29)43-39-41(53)47(3)23-36(45-39)30-6-5-7-34(32(30)24-50)46-40(52)31-12-10-27(20-33(31)42)26-8-9-26/h4-7,10-13,20-21,23,25-26,29,50H,1,8-9,14-19,22,24H2,2-3H3,(H,43,45)(H,44,51)(H,46,52)/t25-/m0/s1. The van der Waals surface area contributed by atoms with E-state index < -0.39 is 23.9 Å². The van der Waals surface area contributed by atoms with Gasteiger partial charge in [0.25, 0.3) is 11.5 Å². The van der Waals surface area contributed by atoms with Crippen LogP contribution in [0.5, 0.6) is 0 Å². The molecule has 54 heavy (non-hydrogen) atoms. The summed E-state index contributed by atoms with van der Waals surface area (Å²) in [6, 6.07) is 15.9. The molecule has 0 bridgehead atoms. The van der Waals surface area contributed by atoms with Crippen LogP contribution in [0, 0.1) is 5.82 Å². The molecule has 1 aliphatic carbocycles. The molecule has 1 atom stereocenters. The SMILES string of the molecule is C=CC(=O)Nc1cc(Nc2nc(-c3cccc(NC(=O)c4ccc(C5CC5)cc4F)c3CO)cn(C)c2=O)ccc1N1CCN(C2CCOCC2)C[C@@H]1C. The van der Waals surface area contributed by atoms with Crippen LogP contribution in [0.1, 0.15) is 60.0 Å². The molecule has 1 saturated carbocycles. The molecule has 2 amide bonds. The minimum absolute atomic E-state index is 0.0124. The van der Waals surface area contributed by atoms with Crippen molar-refractivity contribution in [1.29, 1.82) is 0 Å². The molecule has 2 saturated heterocycles. The molecule has 1 aromatic heterocycles. The number of aryl methyl sites for hydroxylation is 1. The van der Waals surface area contributed by atoms with Gasteiger partial charge in [-0.05, 0) is 86.6 Å². The first-order valence-electron chi connectivity index (χ1n) is 18.5. The topological polar surface area (TPSA) is 141 Å². The van der Waals surface area contributed by atoms with E-state index in [1.165, 1.54) is 22.8 Å². The molecule has 3 fully saturated rings. The molecular formula is C41H46FN7O5. The van der Waals surface area contributed by atoms with Crippen LogP contribution in [0.15, 0.2) is 78.2 Å². The number of amides is 2. The second-order valence-electron chi connectivity index (χ2n) is 14.3. The molecule has 3 aliphatic rings. The second kappa shape index (κ2) is 15.9. The molecular weight excluding hydrogens is 689 g/mol. The van der Waals surface area contributed by atoms with Gasteiger partial charge in [0.05, 0.1) is 29.2 Å². The predicted octanol–water partition coefficient (Wildman–Crippen LogP) is 5.77. The minimum Gasteiger partial charge on any atom is -0.392 e. The highest BCUT2D eigenvalue weighted by atomic mass is 19.1. The van der Waals surface area contributed by atoms with Crippen LogP contribution in [0.4, 0.5) is 33.0 Å². The number of piperazine rings is 1. The lowest BCUT2D eigenvalue weighted by Gasteiger charge is -2.45. The van der Waals surface area contributed by atoms with Gasteiger partial charge in [0, 0.05) is 80.7 Å². The maximum Gasteiger partial charge on any atom is 0.293 e. The first-order chi connectivity index (χ1) is 26.1. The van der Waals surface area contributed by atoms with Crippen molar-refractivity contribution in [2.45, 2.75) is 57.2 Å². The Morgan fingerprint density at radius 1 is 1.04 bits per heavy atom. The Bertz CT molecular complexity index is 2130. The van der Waals surface area contributed by atoms with Gasteiger partial charge < -0.3 is 35.3 Å². The maximum absolute atomic E-state index is 14.9. The van der Waals surface area contributed by atoms with E-state index in [2.05, 4.69) is 44.2 Å². The number of nitrogens with zero attached hydrogens (tertiary/aromatic N) is 4. The fraction of sp³-hybridized carbons (Fsp3) is 0.366. The van der Waals surface area contributed by atoms with Crippen LogP contribution in [-0.4, -0.2) is 76.3 Å². The molecule has 0 radical (unpaired) electrons. The average Bonchev–Trinajstić information content (AvgIpc) is 4.03. The Morgan fingerprint density at radius 3 is 2.54 bits per heavy atom. The van der Waals surface area contributed by atoms with Crippen LogP contribution in [0.25, 0.3) is 11.3 Å². The average molecular weight is 736 g/mol. The number of carbonyl (C=O) groups excluding carboxylic acids is 2. The number of aliphatic hydroxyl groups is 1. The first kappa shape index (κ1) is 37.0. The number of hydrogen-bond acceptors (Lipinski definition) is 9. The fourth-order valence-corrected chi connectivity index (χ4v) is 7.52. The van der Waals surface area contributed by atoms with Crippen molar-refractivity contribution in [1.82, 2.24) is 14.5 Å². The Balaban J connectivity index is 1.14.